The van der Waals surface area contributed by atoms with E-state index in [2.05, 4.69) is 28.6 Å². The van der Waals surface area contributed by atoms with E-state index in [1.54, 1.807) is 30.3 Å². The molecule has 1 rings (SSSR count). The highest BCUT2D eigenvalue weighted by Gasteiger charge is 2.31. The van der Waals surface area contributed by atoms with Crippen LogP contribution >= 0.6 is 12.6 Å². The molecule has 5 amide bonds. The molecule has 0 saturated heterocycles. The van der Waals surface area contributed by atoms with Crippen LogP contribution in [0.4, 0.5) is 0 Å². The standard InChI is InChI=1S/C21H30N6O7S/c22-12(6-7-16(23)28)18(30)25-14(9-17(24)29)20(32)26-13(8-11-4-2-1-3-5-11)19(31)27-15(10-35)21(33)34/h1-5,12-15,35H,6-10,22H2,(H2,23,28)(H2,24,29)(H,25,30)(H,26,32)(H,27,31)(H,33,34). The third-order valence-corrected chi connectivity index (χ3v) is 5.15. The number of primary amides is 2. The van der Waals surface area contributed by atoms with Gasteiger partial charge in [-0.25, -0.2) is 4.79 Å². The fourth-order valence-corrected chi connectivity index (χ4v) is 3.15. The maximum atomic E-state index is 12.9. The molecule has 1 aromatic carbocycles. The molecule has 0 saturated carbocycles. The largest absolute Gasteiger partial charge is 0.480 e. The quantitative estimate of drug-likeness (QED) is 0.114. The van der Waals surface area contributed by atoms with E-state index < -0.39 is 66.1 Å². The number of nitrogens with two attached hydrogens (primary N) is 3. The smallest absolute Gasteiger partial charge is 0.327 e. The second kappa shape index (κ2) is 14.6. The maximum Gasteiger partial charge on any atom is 0.327 e. The highest BCUT2D eigenvalue weighted by Crippen LogP contribution is 2.06. The van der Waals surface area contributed by atoms with Crippen molar-refractivity contribution >= 4 is 48.1 Å². The Labute approximate surface area is 206 Å². The Bertz CT molecular complexity index is 930. The number of benzene rings is 1. The van der Waals surface area contributed by atoms with Crippen LogP contribution in [-0.4, -0.2) is 70.5 Å². The van der Waals surface area contributed by atoms with Gasteiger partial charge in [-0.05, 0) is 12.0 Å². The summed E-state index contributed by atoms with van der Waals surface area (Å²) in [5.74, 6) is -5.67. The van der Waals surface area contributed by atoms with Crippen molar-refractivity contribution in [1.29, 1.82) is 0 Å². The lowest BCUT2D eigenvalue weighted by molar-refractivity contribution is -0.141. The number of hydrogen-bond donors (Lipinski definition) is 8. The summed E-state index contributed by atoms with van der Waals surface area (Å²) in [5.41, 5.74) is 16.6. The lowest BCUT2D eigenvalue weighted by Crippen LogP contribution is -2.58. The molecule has 0 spiro atoms. The predicted octanol–water partition coefficient (Wildman–Crippen LogP) is -2.83. The van der Waals surface area contributed by atoms with Gasteiger partial charge >= 0.3 is 5.97 Å². The van der Waals surface area contributed by atoms with Gasteiger partial charge in [0.1, 0.15) is 18.1 Å². The number of carbonyl (C=O) groups excluding carboxylic acids is 5. The van der Waals surface area contributed by atoms with Gasteiger partial charge < -0.3 is 38.3 Å². The Balaban J connectivity index is 3.06. The number of thiol groups is 1. The number of nitrogens with one attached hydrogen (secondary N) is 3. The SMILES string of the molecule is NC(=O)CCC(N)C(=O)NC(CC(N)=O)C(=O)NC(Cc1ccccc1)C(=O)NC(CS)C(=O)O. The maximum absolute atomic E-state index is 12.9. The summed E-state index contributed by atoms with van der Waals surface area (Å²) in [7, 11) is 0. The van der Waals surface area contributed by atoms with Crippen LogP contribution in [0.3, 0.4) is 0 Å². The van der Waals surface area contributed by atoms with Crippen LogP contribution in [0, 0.1) is 0 Å². The first-order valence-corrected chi connectivity index (χ1v) is 11.2. The van der Waals surface area contributed by atoms with Crippen molar-refractivity contribution in [1.82, 2.24) is 16.0 Å². The van der Waals surface area contributed by atoms with E-state index in [0.717, 1.165) is 0 Å². The molecule has 0 heterocycles. The zero-order valence-corrected chi connectivity index (χ0v) is 19.7. The van der Waals surface area contributed by atoms with Crippen LogP contribution in [0.15, 0.2) is 30.3 Å². The molecule has 4 unspecified atom stereocenters. The molecule has 14 heteroatoms. The van der Waals surface area contributed by atoms with Gasteiger partial charge in [0.2, 0.25) is 29.5 Å². The van der Waals surface area contributed by atoms with Gasteiger partial charge in [0, 0.05) is 18.6 Å². The zero-order chi connectivity index (χ0) is 26.5. The predicted molar refractivity (Wildman–Crippen MR) is 128 cm³/mol. The van der Waals surface area contributed by atoms with E-state index in [4.69, 9.17) is 17.2 Å². The number of carboxylic acids is 1. The average molecular weight is 511 g/mol. The summed E-state index contributed by atoms with van der Waals surface area (Å²) in [4.78, 5) is 71.8. The van der Waals surface area contributed by atoms with Crippen molar-refractivity contribution in [3.05, 3.63) is 35.9 Å². The topological polar surface area (TPSA) is 237 Å². The first-order chi connectivity index (χ1) is 16.4. The van der Waals surface area contributed by atoms with Gasteiger partial charge in [-0.2, -0.15) is 12.6 Å². The van der Waals surface area contributed by atoms with Crippen LogP contribution in [-0.2, 0) is 35.2 Å². The normalized spacial score (nSPS) is 14.0. The van der Waals surface area contributed by atoms with Crippen molar-refractivity contribution < 1.29 is 33.9 Å². The van der Waals surface area contributed by atoms with E-state index in [1.807, 2.05) is 0 Å². The molecule has 0 aliphatic heterocycles. The number of rotatable bonds is 15. The van der Waals surface area contributed by atoms with E-state index >= 15 is 0 Å². The molecule has 35 heavy (non-hydrogen) atoms. The average Bonchev–Trinajstić information content (AvgIpc) is 2.79. The van der Waals surface area contributed by atoms with Crippen LogP contribution in [0.2, 0.25) is 0 Å². The molecule has 192 valence electrons. The van der Waals surface area contributed by atoms with E-state index in [0.29, 0.717) is 5.56 Å². The van der Waals surface area contributed by atoms with Crippen molar-refractivity contribution in [2.24, 2.45) is 17.2 Å². The summed E-state index contributed by atoms with van der Waals surface area (Å²) < 4.78 is 0. The first-order valence-electron chi connectivity index (χ1n) is 10.6. The summed E-state index contributed by atoms with van der Waals surface area (Å²) in [6.45, 7) is 0. The van der Waals surface area contributed by atoms with Crippen molar-refractivity contribution in [2.75, 3.05) is 5.75 Å². The molecule has 0 aliphatic rings. The summed E-state index contributed by atoms with van der Waals surface area (Å²) in [5, 5.41) is 16.2. The van der Waals surface area contributed by atoms with Gasteiger partial charge in [0.05, 0.1) is 12.5 Å². The van der Waals surface area contributed by atoms with Crippen LogP contribution in [0.1, 0.15) is 24.8 Å². The Kier molecular flexibility index (Phi) is 12.2. The summed E-state index contributed by atoms with van der Waals surface area (Å²) >= 11 is 3.90. The van der Waals surface area contributed by atoms with Crippen molar-refractivity contribution in [3.8, 4) is 0 Å². The molecular formula is C21H30N6O7S. The first kappa shape index (κ1) is 29.4. The number of amides is 5. The second-order valence-corrected chi connectivity index (χ2v) is 8.04. The summed E-state index contributed by atoms with van der Waals surface area (Å²) in [6.07, 6.45) is -0.886. The Morgan fingerprint density at radius 2 is 1.37 bits per heavy atom. The fraction of sp³-hybridized carbons (Fsp3) is 0.429. The van der Waals surface area contributed by atoms with Crippen molar-refractivity contribution in [3.63, 3.8) is 0 Å². The van der Waals surface area contributed by atoms with E-state index in [9.17, 15) is 33.9 Å². The van der Waals surface area contributed by atoms with Gasteiger partial charge in [-0.1, -0.05) is 30.3 Å². The molecule has 13 nitrogen and oxygen atoms in total. The lowest BCUT2D eigenvalue weighted by Gasteiger charge is -2.24. The molecule has 0 aliphatic carbocycles. The van der Waals surface area contributed by atoms with Gasteiger partial charge in [-0.15, -0.1) is 0 Å². The van der Waals surface area contributed by atoms with Crippen LogP contribution < -0.4 is 33.2 Å². The third-order valence-electron chi connectivity index (χ3n) is 4.79. The molecule has 0 bridgehead atoms. The van der Waals surface area contributed by atoms with Crippen LogP contribution in [0.5, 0.6) is 0 Å². The monoisotopic (exact) mass is 510 g/mol. The Hall–Kier alpha value is -3.65. The van der Waals surface area contributed by atoms with Gasteiger partial charge in [0.25, 0.3) is 0 Å². The molecule has 0 radical (unpaired) electrons. The molecule has 4 atom stereocenters. The lowest BCUT2D eigenvalue weighted by atomic mass is 10.0. The molecule has 1 aromatic rings. The number of aliphatic carboxylic acids is 1. The Morgan fingerprint density at radius 1 is 0.829 bits per heavy atom. The van der Waals surface area contributed by atoms with E-state index in [-0.39, 0.29) is 25.0 Å². The van der Waals surface area contributed by atoms with Crippen LogP contribution in [0.25, 0.3) is 0 Å². The Morgan fingerprint density at radius 3 is 1.89 bits per heavy atom. The molecular weight excluding hydrogens is 480 g/mol. The third kappa shape index (κ3) is 10.9. The zero-order valence-electron chi connectivity index (χ0n) is 18.8. The fourth-order valence-electron chi connectivity index (χ4n) is 2.91. The summed E-state index contributed by atoms with van der Waals surface area (Å²) in [6, 6.07) is 3.31. The second-order valence-electron chi connectivity index (χ2n) is 7.68. The highest BCUT2D eigenvalue weighted by atomic mass is 32.1. The van der Waals surface area contributed by atoms with Gasteiger partial charge in [-0.3, -0.25) is 24.0 Å². The number of carboxylic acid groups (broad SMARTS) is 1. The highest BCUT2D eigenvalue weighted by molar-refractivity contribution is 7.80. The minimum atomic E-state index is -1.48. The van der Waals surface area contributed by atoms with Crippen molar-refractivity contribution in [2.45, 2.75) is 49.9 Å². The van der Waals surface area contributed by atoms with E-state index in [1.165, 1.54) is 0 Å². The molecule has 0 aromatic heterocycles. The number of hydrogen-bond acceptors (Lipinski definition) is 8. The van der Waals surface area contributed by atoms with Gasteiger partial charge in [0.15, 0.2) is 0 Å². The number of carbonyl (C=O) groups is 6. The molecule has 10 N–H and O–H groups in total. The molecule has 0 fully saturated rings. The minimum absolute atomic E-state index is 0.0211. The minimum Gasteiger partial charge on any atom is -0.480 e.